The van der Waals surface area contributed by atoms with Crippen molar-refractivity contribution < 1.29 is 19.2 Å². The van der Waals surface area contributed by atoms with Gasteiger partial charge in [-0.05, 0) is 0 Å². The summed E-state index contributed by atoms with van der Waals surface area (Å²) in [6.45, 7) is 0.631. The fourth-order valence-corrected chi connectivity index (χ4v) is 1.94. The predicted molar refractivity (Wildman–Crippen MR) is 47.6 cm³/mol. The third-order valence-corrected chi connectivity index (χ3v) is 2.53. The van der Waals surface area contributed by atoms with Crippen LogP contribution in [0.5, 0.6) is 0 Å². The van der Waals surface area contributed by atoms with Crippen molar-refractivity contribution in [2.45, 2.75) is 0 Å². The fraction of sp³-hybridized carbons (Fsp3) is 0.778. The minimum Gasteiger partial charge on any atom is -0.550 e. The maximum Gasteiger partial charge on any atom is 0.221 e. The Labute approximate surface area is 83.1 Å². The maximum atomic E-state index is 10.9. The Morgan fingerprint density at radius 3 is 2.00 bits per heavy atom. The third kappa shape index (κ3) is 2.23. The molecule has 0 aromatic carbocycles. The first-order valence-corrected chi connectivity index (χ1v) is 4.54. The van der Waals surface area contributed by atoms with E-state index >= 15 is 0 Å². The zero-order chi connectivity index (χ0) is 11.1. The van der Waals surface area contributed by atoms with E-state index in [1.165, 1.54) is 0 Å². The highest BCUT2D eigenvalue weighted by Crippen LogP contribution is 2.46. The molecule has 0 radical (unpaired) electrons. The normalized spacial score (nSPS) is 31.2. The van der Waals surface area contributed by atoms with Crippen molar-refractivity contribution >= 4 is 11.9 Å². The number of nitrogens with two attached hydrogens (primary N) is 1. The summed E-state index contributed by atoms with van der Waals surface area (Å²) in [6, 6.07) is 0. The molecule has 0 aliphatic heterocycles. The number of carboxylic acids is 1. The number of amides is 1. The molecule has 0 aromatic rings. The summed E-state index contributed by atoms with van der Waals surface area (Å²) in [7, 11) is 5.84. The van der Waals surface area contributed by atoms with Gasteiger partial charge in [-0.1, -0.05) is 0 Å². The number of carboxylic acid groups (broad SMARTS) is 1. The molecular formula is C9H16N2O3. The molecule has 1 amide bonds. The van der Waals surface area contributed by atoms with Crippen LogP contribution in [0.2, 0.25) is 0 Å². The number of carbonyl (C=O) groups excluding carboxylic acids is 2. The fourth-order valence-electron chi connectivity index (χ4n) is 1.94. The molecule has 5 nitrogen and oxygen atoms in total. The molecule has 0 spiro atoms. The summed E-state index contributed by atoms with van der Waals surface area (Å²) >= 11 is 0. The summed E-state index contributed by atoms with van der Waals surface area (Å²) in [6.07, 6.45) is 0. The van der Waals surface area contributed by atoms with Crippen molar-refractivity contribution in [1.29, 1.82) is 0 Å². The molecule has 1 aliphatic carbocycles. The molecule has 0 bridgehead atoms. The minimum absolute atomic E-state index is 0.155. The zero-order valence-corrected chi connectivity index (χ0v) is 8.69. The van der Waals surface area contributed by atoms with Gasteiger partial charge >= 0.3 is 0 Å². The van der Waals surface area contributed by atoms with Crippen molar-refractivity contribution in [2.75, 3.05) is 27.7 Å². The maximum absolute atomic E-state index is 10.9. The van der Waals surface area contributed by atoms with Crippen LogP contribution in [-0.2, 0) is 9.59 Å². The molecule has 0 heterocycles. The average Bonchev–Trinajstić information content (AvgIpc) is 2.57. The van der Waals surface area contributed by atoms with E-state index in [1.807, 2.05) is 21.1 Å². The van der Waals surface area contributed by atoms with Gasteiger partial charge in [0, 0.05) is 17.8 Å². The molecule has 1 aliphatic rings. The lowest BCUT2D eigenvalue weighted by Crippen LogP contribution is -2.38. The first-order chi connectivity index (χ1) is 6.24. The number of carbonyl (C=O) groups is 2. The van der Waals surface area contributed by atoms with Crippen molar-refractivity contribution in [2.24, 2.45) is 23.5 Å². The molecule has 2 N–H and O–H groups in total. The molecule has 5 heteroatoms. The standard InChI is InChI=1S/C9H16N2O3/c1-11(2,3)4-5-6(8(10)12)7(5)9(13)14/h5-7H,4H2,1-3H3,(H2-,10,12,13,14)/t5-,6?,7?/m1/s1. The third-order valence-electron chi connectivity index (χ3n) is 2.53. The van der Waals surface area contributed by atoms with Crippen molar-refractivity contribution in [3.8, 4) is 0 Å². The summed E-state index contributed by atoms with van der Waals surface area (Å²) in [5.74, 6) is -3.05. The van der Waals surface area contributed by atoms with Crippen LogP contribution in [-0.4, -0.2) is 44.0 Å². The van der Waals surface area contributed by atoms with E-state index in [0.29, 0.717) is 11.0 Å². The molecule has 14 heavy (non-hydrogen) atoms. The van der Waals surface area contributed by atoms with Gasteiger partial charge < -0.3 is 20.1 Å². The average molecular weight is 200 g/mol. The SMILES string of the molecule is C[N+](C)(C)C[C@@H]1C(C(N)=O)C1C(=O)[O-]. The van der Waals surface area contributed by atoms with Gasteiger partial charge in [0.05, 0.1) is 33.6 Å². The number of rotatable bonds is 4. The van der Waals surface area contributed by atoms with Gasteiger partial charge in [0.2, 0.25) is 5.91 Å². The summed E-state index contributed by atoms with van der Waals surface area (Å²) in [5, 5.41) is 10.6. The Bertz CT molecular complexity index is 250. The Balaban J connectivity index is 2.64. The van der Waals surface area contributed by atoms with E-state index in [4.69, 9.17) is 5.73 Å². The van der Waals surface area contributed by atoms with Crippen LogP contribution in [0.25, 0.3) is 0 Å². The Hall–Kier alpha value is -1.10. The lowest BCUT2D eigenvalue weighted by atomic mass is 10.3. The Kier molecular flexibility index (Phi) is 2.54. The highest BCUT2D eigenvalue weighted by atomic mass is 16.4. The zero-order valence-electron chi connectivity index (χ0n) is 8.69. The van der Waals surface area contributed by atoms with Crippen LogP contribution in [0, 0.1) is 17.8 Å². The second-order valence-electron chi connectivity index (χ2n) is 4.91. The van der Waals surface area contributed by atoms with Crippen molar-refractivity contribution in [3.63, 3.8) is 0 Å². The molecular weight excluding hydrogens is 184 g/mol. The molecule has 0 aromatic heterocycles. The van der Waals surface area contributed by atoms with Gasteiger partial charge in [0.15, 0.2) is 0 Å². The Morgan fingerprint density at radius 2 is 1.79 bits per heavy atom. The van der Waals surface area contributed by atoms with Gasteiger partial charge in [-0.15, -0.1) is 0 Å². The molecule has 80 valence electrons. The number of nitrogens with zero attached hydrogens (tertiary/aromatic N) is 1. The van der Waals surface area contributed by atoms with Crippen molar-refractivity contribution in [1.82, 2.24) is 0 Å². The van der Waals surface area contributed by atoms with Crippen LogP contribution in [0.15, 0.2) is 0 Å². The second-order valence-corrected chi connectivity index (χ2v) is 4.91. The van der Waals surface area contributed by atoms with Crippen LogP contribution in [0.4, 0.5) is 0 Å². The van der Waals surface area contributed by atoms with Gasteiger partial charge in [-0.2, -0.15) is 0 Å². The van der Waals surface area contributed by atoms with E-state index in [2.05, 4.69) is 0 Å². The van der Waals surface area contributed by atoms with E-state index in [9.17, 15) is 14.7 Å². The first kappa shape index (κ1) is 11.0. The molecule has 1 fully saturated rings. The van der Waals surface area contributed by atoms with Gasteiger partial charge in [0.1, 0.15) is 0 Å². The van der Waals surface area contributed by atoms with Gasteiger partial charge in [0.25, 0.3) is 0 Å². The van der Waals surface area contributed by atoms with Crippen LogP contribution < -0.4 is 10.8 Å². The summed E-state index contributed by atoms with van der Waals surface area (Å²) < 4.78 is 0.623. The second kappa shape index (κ2) is 3.24. The molecule has 3 atom stereocenters. The molecule has 2 unspecified atom stereocenters. The van der Waals surface area contributed by atoms with Gasteiger partial charge in [-0.25, -0.2) is 0 Å². The summed E-state index contributed by atoms with van der Waals surface area (Å²) in [4.78, 5) is 21.5. The molecule has 0 saturated heterocycles. The number of hydrogen-bond donors (Lipinski definition) is 1. The van der Waals surface area contributed by atoms with Gasteiger partial charge in [-0.3, -0.25) is 4.79 Å². The van der Waals surface area contributed by atoms with Crippen LogP contribution in [0.1, 0.15) is 0 Å². The lowest BCUT2D eigenvalue weighted by Gasteiger charge is -2.24. The summed E-state index contributed by atoms with van der Waals surface area (Å²) in [5.41, 5.74) is 5.10. The Morgan fingerprint density at radius 1 is 1.29 bits per heavy atom. The number of hydrogen-bond acceptors (Lipinski definition) is 3. The molecule has 1 rings (SSSR count). The van der Waals surface area contributed by atoms with Crippen LogP contribution in [0.3, 0.4) is 0 Å². The van der Waals surface area contributed by atoms with E-state index in [1.54, 1.807) is 0 Å². The van der Waals surface area contributed by atoms with E-state index < -0.39 is 23.7 Å². The number of primary amides is 1. The smallest absolute Gasteiger partial charge is 0.221 e. The monoisotopic (exact) mass is 200 g/mol. The predicted octanol–water partition coefficient (Wildman–Crippen LogP) is -2.21. The minimum atomic E-state index is -1.16. The number of quaternary nitrogens is 1. The van der Waals surface area contributed by atoms with Crippen molar-refractivity contribution in [3.05, 3.63) is 0 Å². The topological polar surface area (TPSA) is 83.2 Å². The van der Waals surface area contributed by atoms with E-state index in [0.717, 1.165) is 0 Å². The largest absolute Gasteiger partial charge is 0.550 e. The van der Waals surface area contributed by atoms with Crippen LogP contribution >= 0.6 is 0 Å². The highest BCUT2D eigenvalue weighted by molar-refractivity contribution is 5.88. The quantitative estimate of drug-likeness (QED) is 0.522. The van der Waals surface area contributed by atoms with E-state index in [-0.39, 0.29) is 5.92 Å². The first-order valence-electron chi connectivity index (χ1n) is 4.54. The molecule has 1 saturated carbocycles. The highest BCUT2D eigenvalue weighted by Gasteiger charge is 2.56. The number of aliphatic carboxylic acids is 1. The lowest BCUT2D eigenvalue weighted by molar-refractivity contribution is -0.872.